The van der Waals surface area contributed by atoms with Gasteiger partial charge in [0.2, 0.25) is 0 Å². The summed E-state index contributed by atoms with van der Waals surface area (Å²) in [7, 11) is 0. The predicted molar refractivity (Wildman–Crippen MR) is 58.8 cm³/mol. The summed E-state index contributed by atoms with van der Waals surface area (Å²) in [4.78, 5) is 0. The lowest BCUT2D eigenvalue weighted by molar-refractivity contribution is 0.582. The van der Waals surface area contributed by atoms with Crippen LogP contribution in [0.25, 0.3) is 6.08 Å². The Bertz CT molecular complexity index is 350. The Morgan fingerprint density at radius 2 is 2.07 bits per heavy atom. The molecule has 0 saturated carbocycles. The van der Waals surface area contributed by atoms with Crippen LogP contribution in [0, 0.1) is 11.6 Å². The predicted octanol–water partition coefficient (Wildman–Crippen LogP) is 4.42. The van der Waals surface area contributed by atoms with Gasteiger partial charge < -0.3 is 0 Å². The SMILES string of the molecule is Fc1ccc(C=CCCBr)c(F)c1Cl. The minimum atomic E-state index is -0.734. The van der Waals surface area contributed by atoms with Crippen molar-refractivity contribution in [2.45, 2.75) is 6.42 Å². The Morgan fingerprint density at radius 1 is 1.36 bits per heavy atom. The van der Waals surface area contributed by atoms with Crippen LogP contribution < -0.4 is 0 Å². The Balaban J connectivity index is 2.94. The van der Waals surface area contributed by atoms with Gasteiger partial charge in [0.1, 0.15) is 10.8 Å². The summed E-state index contributed by atoms with van der Waals surface area (Å²) < 4.78 is 26.0. The van der Waals surface area contributed by atoms with E-state index in [1.54, 1.807) is 12.2 Å². The molecule has 0 heterocycles. The van der Waals surface area contributed by atoms with Gasteiger partial charge in [-0.2, -0.15) is 0 Å². The fraction of sp³-hybridized carbons (Fsp3) is 0.200. The number of rotatable bonds is 3. The van der Waals surface area contributed by atoms with Gasteiger partial charge in [-0.05, 0) is 18.6 Å². The number of alkyl halides is 1. The molecule has 76 valence electrons. The van der Waals surface area contributed by atoms with E-state index in [9.17, 15) is 8.78 Å². The second-order valence-electron chi connectivity index (χ2n) is 2.64. The minimum absolute atomic E-state index is 0.303. The molecule has 0 saturated heterocycles. The molecule has 0 aliphatic heterocycles. The molecule has 0 fully saturated rings. The van der Waals surface area contributed by atoms with Crippen molar-refractivity contribution in [3.63, 3.8) is 0 Å². The molecule has 1 aromatic rings. The molecule has 0 bridgehead atoms. The fourth-order valence-electron chi connectivity index (χ4n) is 0.943. The molecule has 1 aromatic carbocycles. The minimum Gasteiger partial charge on any atom is -0.205 e. The second-order valence-corrected chi connectivity index (χ2v) is 3.82. The van der Waals surface area contributed by atoms with E-state index in [2.05, 4.69) is 15.9 Å². The zero-order valence-corrected chi connectivity index (χ0v) is 9.58. The van der Waals surface area contributed by atoms with Crippen molar-refractivity contribution in [2.75, 3.05) is 5.33 Å². The highest BCUT2D eigenvalue weighted by Gasteiger charge is 2.08. The summed E-state index contributed by atoms with van der Waals surface area (Å²) >= 11 is 8.64. The van der Waals surface area contributed by atoms with Crippen molar-refractivity contribution in [1.82, 2.24) is 0 Å². The van der Waals surface area contributed by atoms with Crippen molar-refractivity contribution >= 4 is 33.6 Å². The average molecular weight is 282 g/mol. The van der Waals surface area contributed by atoms with Crippen LogP contribution in [0.2, 0.25) is 5.02 Å². The van der Waals surface area contributed by atoms with Gasteiger partial charge in [-0.3, -0.25) is 0 Å². The standard InChI is InChI=1S/C10H8BrClF2/c11-6-2-1-3-7-4-5-8(13)9(12)10(7)14/h1,3-5H,2,6H2. The average Bonchev–Trinajstić information content (AvgIpc) is 2.18. The highest BCUT2D eigenvalue weighted by molar-refractivity contribution is 9.09. The molecule has 0 aliphatic rings. The van der Waals surface area contributed by atoms with Crippen LogP contribution in [-0.2, 0) is 0 Å². The molecule has 14 heavy (non-hydrogen) atoms. The Morgan fingerprint density at radius 3 is 2.71 bits per heavy atom. The van der Waals surface area contributed by atoms with Crippen LogP contribution in [0.4, 0.5) is 8.78 Å². The van der Waals surface area contributed by atoms with E-state index in [4.69, 9.17) is 11.6 Å². The lowest BCUT2D eigenvalue weighted by Gasteiger charge is -2.00. The van der Waals surface area contributed by atoms with E-state index in [1.807, 2.05) is 0 Å². The van der Waals surface area contributed by atoms with Crippen LogP contribution in [0.3, 0.4) is 0 Å². The topological polar surface area (TPSA) is 0 Å². The van der Waals surface area contributed by atoms with Crippen molar-refractivity contribution in [2.24, 2.45) is 0 Å². The number of hydrogen-bond donors (Lipinski definition) is 0. The molecule has 0 atom stereocenters. The summed E-state index contributed by atoms with van der Waals surface area (Å²) in [6.07, 6.45) is 4.16. The van der Waals surface area contributed by atoms with Gasteiger partial charge >= 0.3 is 0 Å². The fourth-order valence-corrected chi connectivity index (χ4v) is 1.38. The van der Waals surface area contributed by atoms with Crippen molar-refractivity contribution in [1.29, 1.82) is 0 Å². The van der Waals surface area contributed by atoms with E-state index in [-0.39, 0.29) is 0 Å². The van der Waals surface area contributed by atoms with Gasteiger partial charge in [-0.15, -0.1) is 0 Å². The lowest BCUT2D eigenvalue weighted by atomic mass is 10.2. The van der Waals surface area contributed by atoms with E-state index >= 15 is 0 Å². The van der Waals surface area contributed by atoms with Crippen molar-refractivity contribution in [3.8, 4) is 0 Å². The van der Waals surface area contributed by atoms with Gasteiger partial charge in [0.15, 0.2) is 5.82 Å². The highest BCUT2D eigenvalue weighted by Crippen LogP contribution is 2.22. The summed E-state index contributed by atoms with van der Waals surface area (Å²) in [5.41, 5.74) is 0.303. The van der Waals surface area contributed by atoms with Crippen LogP contribution in [0.15, 0.2) is 18.2 Å². The molecule has 0 aliphatic carbocycles. The van der Waals surface area contributed by atoms with Crippen LogP contribution >= 0.6 is 27.5 Å². The van der Waals surface area contributed by atoms with Gasteiger partial charge in [0.05, 0.1) is 0 Å². The van der Waals surface area contributed by atoms with Crippen LogP contribution in [0.5, 0.6) is 0 Å². The molecule has 0 aromatic heterocycles. The maximum Gasteiger partial charge on any atom is 0.151 e. The summed E-state index contributed by atoms with van der Waals surface area (Å²) in [5, 5.41) is 0.353. The maximum atomic E-state index is 13.3. The molecule has 4 heteroatoms. The Hall–Kier alpha value is -0.410. The molecule has 0 amide bonds. The van der Waals surface area contributed by atoms with E-state index in [0.29, 0.717) is 5.56 Å². The first-order chi connectivity index (χ1) is 6.66. The van der Waals surface area contributed by atoms with Crippen LogP contribution in [0.1, 0.15) is 12.0 Å². The summed E-state index contributed by atoms with van der Waals surface area (Å²) in [5.74, 6) is -1.45. The number of allylic oxidation sites excluding steroid dienone is 1. The largest absolute Gasteiger partial charge is 0.205 e. The molecular formula is C10H8BrClF2. The molecule has 0 unspecified atom stereocenters. The third-order valence-electron chi connectivity index (χ3n) is 1.64. The van der Waals surface area contributed by atoms with Gasteiger partial charge in [0.25, 0.3) is 0 Å². The smallest absolute Gasteiger partial charge is 0.151 e. The van der Waals surface area contributed by atoms with E-state index < -0.39 is 16.7 Å². The van der Waals surface area contributed by atoms with E-state index in [1.165, 1.54) is 6.07 Å². The molecule has 0 N–H and O–H groups in total. The summed E-state index contributed by atoms with van der Waals surface area (Å²) in [6.45, 7) is 0. The van der Waals surface area contributed by atoms with Gasteiger partial charge in [-0.25, -0.2) is 8.78 Å². The molecular weight excluding hydrogens is 273 g/mol. The normalized spacial score (nSPS) is 11.1. The first-order valence-electron chi connectivity index (χ1n) is 4.03. The maximum absolute atomic E-state index is 13.3. The number of halogens is 4. The van der Waals surface area contributed by atoms with E-state index in [0.717, 1.165) is 17.8 Å². The van der Waals surface area contributed by atoms with Crippen LogP contribution in [-0.4, -0.2) is 5.33 Å². The monoisotopic (exact) mass is 280 g/mol. The Kier molecular flexibility index (Phi) is 4.55. The molecule has 1 rings (SSSR count). The third-order valence-corrected chi connectivity index (χ3v) is 2.44. The quantitative estimate of drug-likeness (QED) is 0.568. The second kappa shape index (κ2) is 5.47. The van der Waals surface area contributed by atoms with Gasteiger partial charge in [0, 0.05) is 10.9 Å². The highest BCUT2D eigenvalue weighted by atomic mass is 79.9. The van der Waals surface area contributed by atoms with Crippen molar-refractivity contribution in [3.05, 3.63) is 40.4 Å². The zero-order valence-electron chi connectivity index (χ0n) is 7.24. The summed E-state index contributed by atoms with van der Waals surface area (Å²) in [6, 6.07) is 2.51. The molecule has 0 spiro atoms. The molecule has 0 radical (unpaired) electrons. The van der Waals surface area contributed by atoms with Crippen molar-refractivity contribution < 1.29 is 8.78 Å². The first-order valence-corrected chi connectivity index (χ1v) is 5.52. The number of benzene rings is 1. The Labute approximate surface area is 94.7 Å². The number of hydrogen-bond acceptors (Lipinski definition) is 0. The molecule has 0 nitrogen and oxygen atoms in total. The first kappa shape index (κ1) is 11.7. The lowest BCUT2D eigenvalue weighted by Crippen LogP contribution is -1.87. The third kappa shape index (κ3) is 2.79. The zero-order chi connectivity index (χ0) is 10.6. The van der Waals surface area contributed by atoms with Gasteiger partial charge in [-0.1, -0.05) is 39.7 Å².